The first-order valence-electron chi connectivity index (χ1n) is 3.75. The molecule has 0 amide bonds. The summed E-state index contributed by atoms with van der Waals surface area (Å²) in [6.45, 7) is 2.03. The fourth-order valence-corrected chi connectivity index (χ4v) is 2.45. The molecule has 1 aliphatic rings. The maximum absolute atomic E-state index is 10.6. The maximum Gasteiger partial charge on any atom is 0.326 e. The molecule has 2 heterocycles. The van der Waals surface area contributed by atoms with Crippen molar-refractivity contribution in [3.05, 3.63) is 15.8 Å². The summed E-state index contributed by atoms with van der Waals surface area (Å²) in [6.07, 6.45) is 0.628. The van der Waals surface area contributed by atoms with E-state index in [-0.39, 0.29) is 0 Å². The van der Waals surface area contributed by atoms with Gasteiger partial charge in [-0.05, 0) is 13.0 Å². The number of anilines is 1. The summed E-state index contributed by atoms with van der Waals surface area (Å²) >= 11 is 1.67. The molecule has 4 heteroatoms. The fourth-order valence-electron chi connectivity index (χ4n) is 1.41. The molecule has 0 saturated carbocycles. The number of aryl methyl sites for hydroxylation is 1. The largest absolute Gasteiger partial charge is 0.480 e. The van der Waals surface area contributed by atoms with Crippen molar-refractivity contribution in [1.29, 1.82) is 0 Å². The van der Waals surface area contributed by atoms with E-state index in [4.69, 9.17) is 5.11 Å². The Morgan fingerprint density at radius 3 is 3.17 bits per heavy atom. The molecule has 2 N–H and O–H groups in total. The molecule has 0 radical (unpaired) electrons. The molecule has 1 aliphatic heterocycles. The van der Waals surface area contributed by atoms with Crippen LogP contribution in [0, 0.1) is 6.92 Å². The minimum Gasteiger partial charge on any atom is -0.480 e. The smallest absolute Gasteiger partial charge is 0.326 e. The van der Waals surface area contributed by atoms with Crippen molar-refractivity contribution in [3.63, 3.8) is 0 Å². The molecule has 0 aliphatic carbocycles. The summed E-state index contributed by atoms with van der Waals surface area (Å²) < 4.78 is 0. The zero-order valence-electron chi connectivity index (χ0n) is 6.63. The standard InChI is InChI=1S/C8H9NO2S/c1-4-2-5-7(12-4)3-6(9-5)8(10)11/h2,6,9H,3H2,1H3,(H,10,11). The molecule has 1 aromatic heterocycles. The normalized spacial score (nSPS) is 20.2. The van der Waals surface area contributed by atoms with Gasteiger partial charge in [-0.15, -0.1) is 11.3 Å². The molecule has 12 heavy (non-hydrogen) atoms. The number of carboxylic acid groups (broad SMARTS) is 1. The molecule has 0 spiro atoms. The van der Waals surface area contributed by atoms with Gasteiger partial charge in [-0.25, -0.2) is 4.79 Å². The minimum atomic E-state index is -0.768. The fraction of sp³-hybridized carbons (Fsp3) is 0.375. The van der Waals surface area contributed by atoms with Crippen LogP contribution in [0.15, 0.2) is 6.07 Å². The lowest BCUT2D eigenvalue weighted by molar-refractivity contribution is -0.137. The molecule has 1 unspecified atom stereocenters. The van der Waals surface area contributed by atoms with Gasteiger partial charge in [0.15, 0.2) is 0 Å². The van der Waals surface area contributed by atoms with E-state index >= 15 is 0 Å². The van der Waals surface area contributed by atoms with E-state index in [9.17, 15) is 4.79 Å². The van der Waals surface area contributed by atoms with Gasteiger partial charge < -0.3 is 10.4 Å². The molecule has 0 aromatic carbocycles. The van der Waals surface area contributed by atoms with Crippen LogP contribution < -0.4 is 5.32 Å². The van der Waals surface area contributed by atoms with Crippen molar-refractivity contribution in [2.24, 2.45) is 0 Å². The number of carboxylic acids is 1. The summed E-state index contributed by atoms with van der Waals surface area (Å²) in [5.41, 5.74) is 1.00. The van der Waals surface area contributed by atoms with E-state index in [1.54, 1.807) is 11.3 Å². The Labute approximate surface area is 74.0 Å². The minimum absolute atomic E-state index is 0.410. The number of hydrogen-bond acceptors (Lipinski definition) is 3. The molecule has 0 saturated heterocycles. The topological polar surface area (TPSA) is 49.3 Å². The van der Waals surface area contributed by atoms with Gasteiger partial charge in [-0.2, -0.15) is 0 Å². The van der Waals surface area contributed by atoms with Crippen molar-refractivity contribution in [1.82, 2.24) is 0 Å². The number of nitrogens with one attached hydrogen (secondary N) is 1. The summed E-state index contributed by atoms with van der Waals surface area (Å²) in [6, 6.07) is 1.59. The van der Waals surface area contributed by atoms with Gasteiger partial charge in [0.05, 0.1) is 0 Å². The monoisotopic (exact) mass is 183 g/mol. The third kappa shape index (κ3) is 1.08. The average molecular weight is 183 g/mol. The van der Waals surface area contributed by atoms with Gasteiger partial charge in [0.25, 0.3) is 0 Å². The molecule has 0 fully saturated rings. The van der Waals surface area contributed by atoms with Crippen molar-refractivity contribution in [2.75, 3.05) is 5.32 Å². The van der Waals surface area contributed by atoms with E-state index in [0.717, 1.165) is 5.69 Å². The third-order valence-electron chi connectivity index (χ3n) is 1.95. The number of carbonyl (C=O) groups is 1. The maximum atomic E-state index is 10.6. The number of fused-ring (bicyclic) bond motifs is 1. The molecular formula is C8H9NO2S. The number of hydrogen-bond donors (Lipinski definition) is 2. The summed E-state index contributed by atoms with van der Waals surface area (Å²) in [5.74, 6) is -0.768. The summed E-state index contributed by atoms with van der Waals surface area (Å²) in [5, 5.41) is 11.7. The lowest BCUT2D eigenvalue weighted by Gasteiger charge is -2.03. The van der Waals surface area contributed by atoms with E-state index in [1.807, 2.05) is 13.0 Å². The van der Waals surface area contributed by atoms with E-state index < -0.39 is 12.0 Å². The number of rotatable bonds is 1. The molecule has 1 atom stereocenters. The highest BCUT2D eigenvalue weighted by Gasteiger charge is 2.27. The van der Waals surface area contributed by atoms with Crippen LogP contribution in [-0.2, 0) is 11.2 Å². The van der Waals surface area contributed by atoms with Crippen LogP contribution >= 0.6 is 11.3 Å². The first kappa shape index (κ1) is 7.61. The predicted molar refractivity (Wildman–Crippen MR) is 47.8 cm³/mol. The van der Waals surface area contributed by atoms with Gasteiger partial charge in [0.1, 0.15) is 6.04 Å². The Morgan fingerprint density at radius 2 is 2.58 bits per heavy atom. The zero-order chi connectivity index (χ0) is 8.72. The van der Waals surface area contributed by atoms with Crippen LogP contribution in [0.1, 0.15) is 9.75 Å². The lowest BCUT2D eigenvalue weighted by Crippen LogP contribution is -2.26. The highest BCUT2D eigenvalue weighted by Crippen LogP contribution is 2.33. The second kappa shape index (κ2) is 2.48. The SMILES string of the molecule is Cc1cc2c(s1)CC(C(=O)O)N2. The van der Waals surface area contributed by atoms with Crippen LogP contribution in [0.25, 0.3) is 0 Å². The van der Waals surface area contributed by atoms with Crippen molar-refractivity contribution < 1.29 is 9.90 Å². The third-order valence-corrected chi connectivity index (χ3v) is 3.02. The second-order valence-corrected chi connectivity index (χ2v) is 4.27. The van der Waals surface area contributed by atoms with Crippen molar-refractivity contribution in [2.45, 2.75) is 19.4 Å². The van der Waals surface area contributed by atoms with Crippen LogP contribution in [-0.4, -0.2) is 17.1 Å². The average Bonchev–Trinajstić information content (AvgIpc) is 2.42. The quantitative estimate of drug-likeness (QED) is 0.693. The second-order valence-electron chi connectivity index (χ2n) is 2.93. The van der Waals surface area contributed by atoms with E-state index in [1.165, 1.54) is 9.75 Å². The van der Waals surface area contributed by atoms with Crippen molar-refractivity contribution in [3.8, 4) is 0 Å². The molecule has 1 aromatic rings. The first-order valence-corrected chi connectivity index (χ1v) is 4.57. The van der Waals surface area contributed by atoms with Crippen molar-refractivity contribution >= 4 is 23.0 Å². The highest BCUT2D eigenvalue weighted by atomic mass is 32.1. The summed E-state index contributed by atoms with van der Waals surface area (Å²) in [7, 11) is 0. The Kier molecular flexibility index (Phi) is 1.58. The first-order chi connectivity index (χ1) is 5.66. The van der Waals surface area contributed by atoms with Crippen LogP contribution in [0.4, 0.5) is 5.69 Å². The highest BCUT2D eigenvalue weighted by molar-refractivity contribution is 7.12. The van der Waals surface area contributed by atoms with Gasteiger partial charge in [-0.3, -0.25) is 0 Å². The van der Waals surface area contributed by atoms with Gasteiger partial charge in [-0.1, -0.05) is 0 Å². The molecular weight excluding hydrogens is 174 g/mol. The Bertz CT molecular complexity index is 308. The predicted octanol–water partition coefficient (Wildman–Crippen LogP) is 1.48. The van der Waals surface area contributed by atoms with E-state index in [0.29, 0.717) is 6.42 Å². The Morgan fingerprint density at radius 1 is 1.83 bits per heavy atom. The summed E-state index contributed by atoms with van der Waals surface area (Å²) in [4.78, 5) is 13.0. The zero-order valence-corrected chi connectivity index (χ0v) is 7.44. The van der Waals surface area contributed by atoms with Gasteiger partial charge in [0.2, 0.25) is 0 Å². The van der Waals surface area contributed by atoms with Gasteiger partial charge in [0, 0.05) is 21.9 Å². The lowest BCUT2D eigenvalue weighted by atomic mass is 10.2. The van der Waals surface area contributed by atoms with Crippen LogP contribution in [0.3, 0.4) is 0 Å². The van der Waals surface area contributed by atoms with Crippen LogP contribution in [0.5, 0.6) is 0 Å². The molecule has 0 bridgehead atoms. The molecule has 2 rings (SSSR count). The molecule has 3 nitrogen and oxygen atoms in total. The Balaban J connectivity index is 2.24. The Hall–Kier alpha value is -1.03. The number of aliphatic carboxylic acids is 1. The number of thiophene rings is 1. The molecule has 64 valence electrons. The van der Waals surface area contributed by atoms with E-state index in [2.05, 4.69) is 5.32 Å². The van der Waals surface area contributed by atoms with Crippen LogP contribution in [0.2, 0.25) is 0 Å². The van der Waals surface area contributed by atoms with Gasteiger partial charge >= 0.3 is 5.97 Å².